The average molecular weight is 394 g/mol. The summed E-state index contributed by atoms with van der Waals surface area (Å²) >= 11 is 0. The molecule has 0 spiro atoms. The number of aryl methyl sites for hydroxylation is 1. The quantitative estimate of drug-likeness (QED) is 0.720. The maximum absolute atomic E-state index is 13.4. The third-order valence-electron chi connectivity index (χ3n) is 7.12. The Kier molecular flexibility index (Phi) is 4.64. The summed E-state index contributed by atoms with van der Waals surface area (Å²) in [5, 5.41) is 0. The molecule has 1 aromatic heterocycles. The zero-order valence-electron chi connectivity index (χ0n) is 17.6. The molecule has 1 aliphatic heterocycles. The fourth-order valence-electron chi connectivity index (χ4n) is 4.89. The van der Waals surface area contributed by atoms with E-state index in [-0.39, 0.29) is 5.41 Å². The predicted molar refractivity (Wildman–Crippen MR) is 112 cm³/mol. The van der Waals surface area contributed by atoms with Crippen molar-refractivity contribution in [1.82, 2.24) is 14.5 Å². The standard InChI is InChI=1S/C24H31N3O2/c1-17-14-25-22(27(17)16-18-3-4-18)13-19-9-12-26(15-19)23(28)24(10-11-24)20-5-7-21(29-2)8-6-20/h5-8,14,18-19H,3-4,9-13,15-16H2,1-2H3. The van der Waals surface area contributed by atoms with Gasteiger partial charge in [-0.25, -0.2) is 4.98 Å². The Morgan fingerprint density at radius 1 is 1.17 bits per heavy atom. The molecule has 29 heavy (non-hydrogen) atoms. The molecule has 1 amide bonds. The summed E-state index contributed by atoms with van der Waals surface area (Å²) in [6.45, 7) is 5.03. The van der Waals surface area contributed by atoms with Crippen molar-refractivity contribution < 1.29 is 9.53 Å². The van der Waals surface area contributed by atoms with Gasteiger partial charge in [-0.1, -0.05) is 12.1 Å². The van der Waals surface area contributed by atoms with Gasteiger partial charge in [0, 0.05) is 37.9 Å². The number of nitrogens with zero attached hydrogens (tertiary/aromatic N) is 3. The van der Waals surface area contributed by atoms with Crippen LogP contribution >= 0.6 is 0 Å². The Balaban J connectivity index is 1.24. The van der Waals surface area contributed by atoms with Gasteiger partial charge in [-0.15, -0.1) is 0 Å². The smallest absolute Gasteiger partial charge is 0.233 e. The number of carbonyl (C=O) groups excluding carboxylic acids is 1. The number of hydrogen-bond donors (Lipinski definition) is 0. The van der Waals surface area contributed by atoms with Crippen LogP contribution < -0.4 is 4.74 Å². The SMILES string of the molecule is COc1ccc(C2(C(=O)N3CCC(Cc4ncc(C)n4CC4CC4)C3)CC2)cc1. The molecule has 0 N–H and O–H groups in total. The summed E-state index contributed by atoms with van der Waals surface area (Å²) in [7, 11) is 1.68. The lowest BCUT2D eigenvalue weighted by molar-refractivity contribution is -0.133. The van der Waals surface area contributed by atoms with Crippen LogP contribution in [0.3, 0.4) is 0 Å². The van der Waals surface area contributed by atoms with Crippen molar-refractivity contribution in [2.24, 2.45) is 11.8 Å². The molecule has 1 saturated heterocycles. The number of imidazole rings is 1. The van der Waals surface area contributed by atoms with Crippen molar-refractivity contribution in [1.29, 1.82) is 0 Å². The number of methoxy groups -OCH3 is 1. The molecule has 0 bridgehead atoms. The van der Waals surface area contributed by atoms with Gasteiger partial charge in [-0.2, -0.15) is 0 Å². The molecule has 3 aliphatic rings. The number of benzene rings is 1. The fourth-order valence-corrected chi connectivity index (χ4v) is 4.89. The van der Waals surface area contributed by atoms with Gasteiger partial charge < -0.3 is 14.2 Å². The van der Waals surface area contributed by atoms with Gasteiger partial charge in [0.15, 0.2) is 0 Å². The Bertz CT molecular complexity index is 893. The third kappa shape index (κ3) is 3.56. The zero-order valence-corrected chi connectivity index (χ0v) is 17.6. The van der Waals surface area contributed by atoms with Crippen molar-refractivity contribution in [3.63, 3.8) is 0 Å². The molecule has 2 heterocycles. The molecule has 0 radical (unpaired) electrons. The summed E-state index contributed by atoms with van der Waals surface area (Å²) in [4.78, 5) is 20.2. The molecule has 3 fully saturated rings. The minimum Gasteiger partial charge on any atom is -0.497 e. The number of hydrogen-bond acceptors (Lipinski definition) is 3. The highest BCUT2D eigenvalue weighted by Crippen LogP contribution is 2.50. The Morgan fingerprint density at radius 3 is 2.59 bits per heavy atom. The van der Waals surface area contributed by atoms with Crippen molar-refractivity contribution in [2.45, 2.75) is 57.4 Å². The molecule has 1 aromatic carbocycles. The summed E-state index contributed by atoms with van der Waals surface area (Å²) in [6.07, 6.45) is 8.72. The van der Waals surface area contributed by atoms with E-state index < -0.39 is 0 Å². The summed E-state index contributed by atoms with van der Waals surface area (Å²) in [6, 6.07) is 8.07. The second-order valence-electron chi connectivity index (χ2n) is 9.29. The van der Waals surface area contributed by atoms with Gasteiger partial charge in [0.2, 0.25) is 5.91 Å². The van der Waals surface area contributed by atoms with Crippen molar-refractivity contribution in [2.75, 3.05) is 20.2 Å². The van der Waals surface area contributed by atoms with E-state index in [1.54, 1.807) is 7.11 Å². The molecule has 5 nitrogen and oxygen atoms in total. The first-order valence-electron chi connectivity index (χ1n) is 11.0. The lowest BCUT2D eigenvalue weighted by Gasteiger charge is -2.24. The highest BCUT2D eigenvalue weighted by Gasteiger charge is 2.53. The minimum absolute atomic E-state index is 0.289. The van der Waals surface area contributed by atoms with E-state index in [0.717, 1.165) is 62.5 Å². The van der Waals surface area contributed by atoms with Gasteiger partial charge >= 0.3 is 0 Å². The Labute approximate surface area is 173 Å². The molecule has 1 unspecified atom stereocenters. The molecule has 1 atom stereocenters. The van der Waals surface area contributed by atoms with Gasteiger partial charge in [0.1, 0.15) is 11.6 Å². The normalized spacial score (nSPS) is 22.7. The first-order chi connectivity index (χ1) is 14.1. The highest BCUT2D eigenvalue weighted by atomic mass is 16.5. The maximum atomic E-state index is 13.4. The number of carbonyl (C=O) groups is 1. The Hall–Kier alpha value is -2.30. The van der Waals surface area contributed by atoms with Gasteiger partial charge in [0.25, 0.3) is 0 Å². The van der Waals surface area contributed by atoms with Gasteiger partial charge in [-0.05, 0) is 68.6 Å². The molecule has 2 aliphatic carbocycles. The molecule has 2 aromatic rings. The number of ether oxygens (including phenoxy) is 1. The van der Waals surface area contributed by atoms with Crippen molar-refractivity contribution in [3.8, 4) is 5.75 Å². The van der Waals surface area contributed by atoms with E-state index in [1.807, 2.05) is 18.3 Å². The summed E-state index contributed by atoms with van der Waals surface area (Å²) in [5.74, 6) is 3.75. The molecule has 2 saturated carbocycles. The first kappa shape index (κ1) is 18.7. The zero-order chi connectivity index (χ0) is 20.0. The van der Waals surface area contributed by atoms with E-state index in [0.29, 0.717) is 11.8 Å². The largest absolute Gasteiger partial charge is 0.497 e. The Morgan fingerprint density at radius 2 is 1.93 bits per heavy atom. The maximum Gasteiger partial charge on any atom is 0.233 e. The van der Waals surface area contributed by atoms with Crippen molar-refractivity contribution >= 4 is 5.91 Å². The average Bonchev–Trinajstić information content (AvgIpc) is 3.66. The number of likely N-dealkylation sites (tertiary alicyclic amines) is 1. The minimum atomic E-state index is -0.289. The number of rotatable bonds is 7. The van der Waals surface area contributed by atoms with Crippen LogP contribution in [0, 0.1) is 18.8 Å². The topological polar surface area (TPSA) is 47.4 Å². The van der Waals surface area contributed by atoms with Crippen LogP contribution in [0.15, 0.2) is 30.5 Å². The highest BCUT2D eigenvalue weighted by molar-refractivity contribution is 5.91. The van der Waals surface area contributed by atoms with Crippen LogP contribution in [0.2, 0.25) is 0 Å². The van der Waals surface area contributed by atoms with E-state index in [4.69, 9.17) is 9.72 Å². The van der Waals surface area contributed by atoms with Crippen LogP contribution in [0.25, 0.3) is 0 Å². The van der Waals surface area contributed by atoms with Crippen LogP contribution in [0.1, 0.15) is 49.2 Å². The van der Waals surface area contributed by atoms with Crippen LogP contribution in [-0.4, -0.2) is 40.6 Å². The molecular formula is C24H31N3O2. The number of amides is 1. The predicted octanol–water partition coefficient (Wildman–Crippen LogP) is 3.73. The molecule has 5 heteroatoms. The van der Waals surface area contributed by atoms with E-state index in [1.165, 1.54) is 24.4 Å². The van der Waals surface area contributed by atoms with E-state index >= 15 is 0 Å². The number of aromatic nitrogens is 2. The second kappa shape index (κ2) is 7.19. The molecular weight excluding hydrogens is 362 g/mol. The monoisotopic (exact) mass is 393 g/mol. The summed E-state index contributed by atoms with van der Waals surface area (Å²) < 4.78 is 7.69. The van der Waals surface area contributed by atoms with E-state index in [2.05, 4.69) is 28.5 Å². The summed E-state index contributed by atoms with van der Waals surface area (Å²) in [5.41, 5.74) is 2.12. The van der Waals surface area contributed by atoms with Crippen LogP contribution in [0.5, 0.6) is 5.75 Å². The van der Waals surface area contributed by atoms with Crippen LogP contribution in [-0.2, 0) is 23.2 Å². The molecule has 154 valence electrons. The van der Waals surface area contributed by atoms with Crippen LogP contribution in [0.4, 0.5) is 0 Å². The van der Waals surface area contributed by atoms with Gasteiger partial charge in [-0.3, -0.25) is 4.79 Å². The van der Waals surface area contributed by atoms with Crippen molar-refractivity contribution in [3.05, 3.63) is 47.5 Å². The third-order valence-corrected chi connectivity index (χ3v) is 7.12. The lowest BCUT2D eigenvalue weighted by atomic mass is 9.94. The first-order valence-corrected chi connectivity index (χ1v) is 11.0. The lowest BCUT2D eigenvalue weighted by Crippen LogP contribution is -2.38. The van der Waals surface area contributed by atoms with Gasteiger partial charge in [0.05, 0.1) is 12.5 Å². The fraction of sp³-hybridized carbons (Fsp3) is 0.583. The molecule has 5 rings (SSSR count). The van der Waals surface area contributed by atoms with E-state index in [9.17, 15) is 4.79 Å². The second-order valence-corrected chi connectivity index (χ2v) is 9.29.